The van der Waals surface area contributed by atoms with Crippen molar-refractivity contribution in [1.29, 1.82) is 0 Å². The number of halogens is 2. The maximum Gasteiger partial charge on any atom is 0.244 e. The summed E-state index contributed by atoms with van der Waals surface area (Å²) in [5, 5.41) is 3.72. The Hall–Kier alpha value is -2.88. The summed E-state index contributed by atoms with van der Waals surface area (Å²) in [5.41, 5.74) is 2.89. The fourth-order valence-corrected chi connectivity index (χ4v) is 6.32. The fraction of sp³-hybridized carbons (Fsp3) is 0.355. The third-order valence-electron chi connectivity index (χ3n) is 7.35. The number of nitrogens with one attached hydrogen (secondary N) is 1. The van der Waals surface area contributed by atoms with Crippen LogP contribution in [0.3, 0.4) is 0 Å². The third kappa shape index (κ3) is 8.56. The van der Waals surface area contributed by atoms with E-state index in [1.54, 1.807) is 30.3 Å². The van der Waals surface area contributed by atoms with E-state index >= 15 is 0 Å². The number of sulfonamides is 1. The Labute approximate surface area is 256 Å². The van der Waals surface area contributed by atoms with Crippen LogP contribution in [-0.4, -0.2) is 50.0 Å². The molecule has 41 heavy (non-hydrogen) atoms. The molecule has 1 saturated carbocycles. The van der Waals surface area contributed by atoms with Crippen LogP contribution in [0.25, 0.3) is 0 Å². The van der Waals surface area contributed by atoms with Crippen LogP contribution in [0.5, 0.6) is 0 Å². The van der Waals surface area contributed by atoms with Gasteiger partial charge in [0.25, 0.3) is 0 Å². The highest BCUT2D eigenvalue weighted by atomic mass is 79.9. The SMILES string of the molecule is Cc1cc(N(CC(=O)N(Cc2ccc(Cl)cc2)[C@@H](Cc2ccccc2)C(=O)NC2CCCC2)S(C)(=O)=O)ccc1Br. The van der Waals surface area contributed by atoms with E-state index in [2.05, 4.69) is 21.2 Å². The largest absolute Gasteiger partial charge is 0.352 e. The average molecular weight is 661 g/mol. The number of carbonyl (C=O) groups excluding carboxylic acids is 2. The first kappa shape index (κ1) is 31.1. The quantitative estimate of drug-likeness (QED) is 0.279. The second-order valence-electron chi connectivity index (χ2n) is 10.5. The van der Waals surface area contributed by atoms with Gasteiger partial charge in [-0.2, -0.15) is 0 Å². The van der Waals surface area contributed by atoms with Gasteiger partial charge >= 0.3 is 0 Å². The second kappa shape index (κ2) is 13.9. The minimum Gasteiger partial charge on any atom is -0.352 e. The van der Waals surface area contributed by atoms with Gasteiger partial charge in [-0.25, -0.2) is 8.42 Å². The molecule has 0 aromatic heterocycles. The zero-order valence-corrected chi connectivity index (χ0v) is 26.4. The summed E-state index contributed by atoms with van der Waals surface area (Å²) in [6, 6.07) is 21.0. The lowest BCUT2D eigenvalue weighted by atomic mass is 10.0. The molecule has 10 heteroatoms. The predicted molar refractivity (Wildman–Crippen MR) is 167 cm³/mol. The van der Waals surface area contributed by atoms with Gasteiger partial charge in [-0.05, 0) is 66.8 Å². The molecule has 3 aromatic carbocycles. The van der Waals surface area contributed by atoms with Crippen LogP contribution in [0.15, 0.2) is 77.3 Å². The standard InChI is InChI=1S/C31H35BrClN3O4S/c1-22-18-27(16-17-28(22)32)36(41(2,39)40)21-30(37)35(20-24-12-14-25(33)15-13-24)29(19-23-8-4-3-5-9-23)31(38)34-26-10-6-7-11-26/h3-5,8-9,12-18,26,29H,6-7,10-11,19-21H2,1-2H3,(H,34,38)/t29-/m0/s1. The summed E-state index contributed by atoms with van der Waals surface area (Å²) < 4.78 is 27.8. The van der Waals surface area contributed by atoms with E-state index in [-0.39, 0.29) is 24.9 Å². The van der Waals surface area contributed by atoms with Crippen molar-refractivity contribution in [1.82, 2.24) is 10.2 Å². The van der Waals surface area contributed by atoms with Crippen LogP contribution in [0.1, 0.15) is 42.4 Å². The van der Waals surface area contributed by atoms with Crippen molar-refractivity contribution in [2.75, 3.05) is 17.1 Å². The van der Waals surface area contributed by atoms with E-state index in [4.69, 9.17) is 11.6 Å². The molecule has 0 heterocycles. The van der Waals surface area contributed by atoms with Crippen LogP contribution < -0.4 is 9.62 Å². The van der Waals surface area contributed by atoms with Crippen LogP contribution in [0.2, 0.25) is 5.02 Å². The van der Waals surface area contributed by atoms with Gasteiger partial charge in [0, 0.05) is 28.5 Å². The Morgan fingerprint density at radius 3 is 2.27 bits per heavy atom. The molecule has 1 fully saturated rings. The number of hydrogen-bond donors (Lipinski definition) is 1. The van der Waals surface area contributed by atoms with Gasteiger partial charge in [0.2, 0.25) is 21.8 Å². The van der Waals surface area contributed by atoms with Crippen molar-refractivity contribution in [3.8, 4) is 0 Å². The molecular weight excluding hydrogens is 626 g/mol. The molecule has 0 aliphatic heterocycles. The van der Waals surface area contributed by atoms with Crippen LogP contribution in [0, 0.1) is 6.92 Å². The number of carbonyl (C=O) groups is 2. The van der Waals surface area contributed by atoms with Gasteiger partial charge in [0.15, 0.2) is 0 Å². The summed E-state index contributed by atoms with van der Waals surface area (Å²) in [6.07, 6.45) is 5.28. The lowest BCUT2D eigenvalue weighted by Gasteiger charge is -2.34. The lowest BCUT2D eigenvalue weighted by molar-refractivity contribution is -0.140. The third-order valence-corrected chi connectivity index (χ3v) is 9.63. The van der Waals surface area contributed by atoms with E-state index in [0.717, 1.165) is 57.4 Å². The molecule has 0 bridgehead atoms. The molecule has 1 atom stereocenters. The van der Waals surface area contributed by atoms with Crippen molar-refractivity contribution in [3.05, 3.63) is 99.0 Å². The number of nitrogens with zero attached hydrogens (tertiary/aromatic N) is 2. The van der Waals surface area contributed by atoms with Gasteiger partial charge in [-0.3, -0.25) is 13.9 Å². The molecule has 2 amide bonds. The van der Waals surface area contributed by atoms with E-state index in [1.165, 1.54) is 4.90 Å². The predicted octanol–water partition coefficient (Wildman–Crippen LogP) is 5.88. The Morgan fingerprint density at radius 2 is 1.66 bits per heavy atom. The Kier molecular flexibility index (Phi) is 10.5. The first-order chi connectivity index (χ1) is 19.5. The minimum atomic E-state index is -3.83. The number of anilines is 1. The highest BCUT2D eigenvalue weighted by Crippen LogP contribution is 2.26. The Morgan fingerprint density at radius 1 is 1.00 bits per heavy atom. The molecule has 0 saturated heterocycles. The van der Waals surface area contributed by atoms with Crippen LogP contribution in [0.4, 0.5) is 5.69 Å². The number of amides is 2. The summed E-state index contributed by atoms with van der Waals surface area (Å²) in [4.78, 5) is 29.5. The average Bonchev–Trinajstić information content (AvgIpc) is 3.45. The summed E-state index contributed by atoms with van der Waals surface area (Å²) in [6.45, 7) is 1.52. The molecule has 1 N–H and O–H groups in total. The monoisotopic (exact) mass is 659 g/mol. The molecular formula is C31H35BrClN3O4S. The zero-order valence-electron chi connectivity index (χ0n) is 23.2. The van der Waals surface area contributed by atoms with Crippen molar-refractivity contribution in [3.63, 3.8) is 0 Å². The highest BCUT2D eigenvalue weighted by molar-refractivity contribution is 9.10. The molecule has 1 aliphatic rings. The van der Waals surface area contributed by atoms with Crippen molar-refractivity contribution in [2.24, 2.45) is 0 Å². The summed E-state index contributed by atoms with van der Waals surface area (Å²) >= 11 is 9.57. The number of rotatable bonds is 11. The van der Waals surface area contributed by atoms with Crippen molar-refractivity contribution >= 4 is 55.1 Å². The van der Waals surface area contributed by atoms with E-state index < -0.39 is 28.5 Å². The molecule has 4 rings (SSSR count). The molecule has 0 spiro atoms. The van der Waals surface area contributed by atoms with E-state index in [9.17, 15) is 18.0 Å². The summed E-state index contributed by atoms with van der Waals surface area (Å²) in [7, 11) is -3.83. The lowest BCUT2D eigenvalue weighted by Crippen LogP contribution is -2.54. The maximum atomic E-state index is 14.2. The Balaban J connectivity index is 1.72. The van der Waals surface area contributed by atoms with Gasteiger partial charge < -0.3 is 10.2 Å². The fourth-order valence-electron chi connectivity index (χ4n) is 5.11. The van der Waals surface area contributed by atoms with Gasteiger partial charge in [-0.15, -0.1) is 0 Å². The van der Waals surface area contributed by atoms with Crippen molar-refractivity contribution in [2.45, 2.75) is 57.7 Å². The normalized spacial score (nSPS) is 14.4. The Bertz CT molecular complexity index is 1460. The second-order valence-corrected chi connectivity index (χ2v) is 13.7. The zero-order chi connectivity index (χ0) is 29.6. The number of benzene rings is 3. The smallest absolute Gasteiger partial charge is 0.244 e. The molecule has 1 aliphatic carbocycles. The van der Waals surface area contributed by atoms with Gasteiger partial charge in [0.1, 0.15) is 12.6 Å². The molecule has 3 aromatic rings. The first-order valence-electron chi connectivity index (χ1n) is 13.6. The maximum absolute atomic E-state index is 14.2. The number of aryl methyl sites for hydroxylation is 1. The van der Waals surface area contributed by atoms with Crippen LogP contribution in [-0.2, 0) is 32.6 Å². The van der Waals surface area contributed by atoms with Gasteiger partial charge in [0.05, 0.1) is 11.9 Å². The molecule has 7 nitrogen and oxygen atoms in total. The molecule has 0 radical (unpaired) electrons. The van der Waals surface area contributed by atoms with Gasteiger partial charge in [-0.1, -0.05) is 82.8 Å². The topological polar surface area (TPSA) is 86.8 Å². The highest BCUT2D eigenvalue weighted by Gasteiger charge is 2.34. The van der Waals surface area contributed by atoms with Crippen molar-refractivity contribution < 1.29 is 18.0 Å². The van der Waals surface area contributed by atoms with E-state index in [1.807, 2.05) is 49.4 Å². The minimum absolute atomic E-state index is 0.0616. The number of hydrogen-bond acceptors (Lipinski definition) is 4. The molecule has 218 valence electrons. The summed E-state index contributed by atoms with van der Waals surface area (Å²) in [5.74, 6) is -0.720. The molecule has 0 unspecified atom stereocenters. The van der Waals surface area contributed by atoms with E-state index in [0.29, 0.717) is 10.7 Å². The van der Waals surface area contributed by atoms with Crippen LogP contribution >= 0.6 is 27.5 Å². The first-order valence-corrected chi connectivity index (χ1v) is 16.7.